The monoisotopic (exact) mass is 339 g/mol. The van der Waals surface area contributed by atoms with Crippen molar-refractivity contribution in [2.75, 3.05) is 32.7 Å². The maximum atomic E-state index is 12.4. The molecule has 0 bridgehead atoms. The highest BCUT2D eigenvalue weighted by Gasteiger charge is 2.28. The van der Waals surface area contributed by atoms with Gasteiger partial charge >= 0.3 is 6.03 Å². The number of thiophene rings is 1. The zero-order valence-corrected chi connectivity index (χ0v) is 15.2. The lowest BCUT2D eigenvalue weighted by Gasteiger charge is -2.35. The summed E-state index contributed by atoms with van der Waals surface area (Å²) in [4.78, 5) is 16.5. The number of β-amino-alcohol motifs (C(OH)–C–C–N with tert-alkyl or cyclic N) is 1. The Morgan fingerprint density at radius 2 is 2.26 bits per heavy atom. The molecular weight excluding hydrogens is 310 g/mol. The quantitative estimate of drug-likeness (QED) is 0.837. The molecule has 1 aromatic heterocycles. The molecule has 2 N–H and O–H groups in total. The molecule has 23 heavy (non-hydrogen) atoms. The van der Waals surface area contributed by atoms with Gasteiger partial charge in [-0.15, -0.1) is 0 Å². The molecule has 2 rings (SSSR count). The summed E-state index contributed by atoms with van der Waals surface area (Å²) in [6.07, 6.45) is 0.448. The Kier molecular flexibility index (Phi) is 6.87. The van der Waals surface area contributed by atoms with Crippen LogP contribution in [0.1, 0.15) is 38.8 Å². The van der Waals surface area contributed by atoms with Crippen molar-refractivity contribution < 1.29 is 9.90 Å². The summed E-state index contributed by atoms with van der Waals surface area (Å²) >= 11 is 1.69. The van der Waals surface area contributed by atoms with Crippen molar-refractivity contribution in [3.05, 3.63) is 22.4 Å². The molecule has 0 saturated carbocycles. The van der Waals surface area contributed by atoms with Crippen LogP contribution in [0.15, 0.2) is 16.8 Å². The highest BCUT2D eigenvalue weighted by atomic mass is 32.1. The van der Waals surface area contributed by atoms with Gasteiger partial charge in [-0.1, -0.05) is 20.8 Å². The van der Waals surface area contributed by atoms with E-state index in [0.29, 0.717) is 13.1 Å². The Balaban J connectivity index is 1.94. The normalized spacial score (nSPS) is 23.1. The summed E-state index contributed by atoms with van der Waals surface area (Å²) in [7, 11) is 0. The van der Waals surface area contributed by atoms with Crippen molar-refractivity contribution in [3.63, 3.8) is 0 Å². The molecule has 0 spiro atoms. The number of hydrogen-bond acceptors (Lipinski definition) is 4. The van der Waals surface area contributed by atoms with Gasteiger partial charge in [0.05, 0.1) is 12.1 Å². The van der Waals surface area contributed by atoms with Gasteiger partial charge in [-0.3, -0.25) is 4.90 Å². The van der Waals surface area contributed by atoms with Crippen LogP contribution in [0.3, 0.4) is 0 Å². The SMILES string of the molecule is CCN(CC)C(CNC(=O)N1CCC(C)C(O)C1)c1ccsc1. The predicted molar refractivity (Wildman–Crippen MR) is 94.7 cm³/mol. The van der Waals surface area contributed by atoms with E-state index in [4.69, 9.17) is 0 Å². The van der Waals surface area contributed by atoms with Gasteiger partial charge in [0.1, 0.15) is 0 Å². The average Bonchev–Trinajstić information content (AvgIpc) is 3.07. The van der Waals surface area contributed by atoms with E-state index in [1.165, 1.54) is 5.56 Å². The Hall–Kier alpha value is -1.11. The number of carbonyl (C=O) groups excluding carboxylic acids is 1. The van der Waals surface area contributed by atoms with E-state index in [1.807, 2.05) is 6.92 Å². The molecule has 1 fully saturated rings. The highest BCUT2D eigenvalue weighted by Crippen LogP contribution is 2.22. The molecule has 1 aliphatic heterocycles. The van der Waals surface area contributed by atoms with Gasteiger partial charge in [-0.25, -0.2) is 4.79 Å². The van der Waals surface area contributed by atoms with Crippen LogP contribution < -0.4 is 5.32 Å². The van der Waals surface area contributed by atoms with Gasteiger partial charge in [-0.2, -0.15) is 11.3 Å². The Morgan fingerprint density at radius 1 is 1.52 bits per heavy atom. The summed E-state index contributed by atoms with van der Waals surface area (Å²) in [6.45, 7) is 9.98. The second kappa shape index (κ2) is 8.66. The van der Waals surface area contributed by atoms with Crippen molar-refractivity contribution in [1.29, 1.82) is 0 Å². The molecule has 130 valence electrons. The fourth-order valence-corrected chi connectivity index (χ4v) is 3.82. The number of hydrogen-bond donors (Lipinski definition) is 2. The number of urea groups is 1. The molecule has 0 radical (unpaired) electrons. The van der Waals surface area contributed by atoms with Crippen molar-refractivity contribution in [3.8, 4) is 0 Å². The van der Waals surface area contributed by atoms with E-state index in [0.717, 1.165) is 26.1 Å². The summed E-state index contributed by atoms with van der Waals surface area (Å²) in [5.41, 5.74) is 1.26. The third kappa shape index (κ3) is 4.68. The lowest BCUT2D eigenvalue weighted by Crippen LogP contribution is -2.51. The smallest absolute Gasteiger partial charge is 0.317 e. The van der Waals surface area contributed by atoms with Gasteiger partial charge < -0.3 is 15.3 Å². The van der Waals surface area contributed by atoms with E-state index >= 15 is 0 Å². The molecule has 5 nitrogen and oxygen atoms in total. The fraction of sp³-hybridized carbons (Fsp3) is 0.706. The van der Waals surface area contributed by atoms with Crippen LogP contribution >= 0.6 is 11.3 Å². The molecule has 1 aliphatic rings. The van der Waals surface area contributed by atoms with Crippen molar-refractivity contribution >= 4 is 17.4 Å². The van der Waals surface area contributed by atoms with Gasteiger partial charge in [0.15, 0.2) is 0 Å². The van der Waals surface area contributed by atoms with Crippen LogP contribution in [-0.4, -0.2) is 59.8 Å². The molecule has 2 heterocycles. The van der Waals surface area contributed by atoms with Crippen molar-refractivity contribution in [1.82, 2.24) is 15.1 Å². The zero-order valence-electron chi connectivity index (χ0n) is 14.4. The number of nitrogens with zero attached hydrogens (tertiary/aromatic N) is 2. The second-order valence-electron chi connectivity index (χ2n) is 6.26. The van der Waals surface area contributed by atoms with Crippen LogP contribution in [0.25, 0.3) is 0 Å². The minimum absolute atomic E-state index is 0.0664. The lowest BCUT2D eigenvalue weighted by atomic mass is 9.96. The largest absolute Gasteiger partial charge is 0.391 e. The predicted octanol–water partition coefficient (Wildman–Crippen LogP) is 2.54. The maximum Gasteiger partial charge on any atom is 0.317 e. The van der Waals surface area contributed by atoms with Crippen LogP contribution in [0.5, 0.6) is 0 Å². The number of aliphatic hydroxyl groups is 1. The molecule has 2 amide bonds. The number of rotatable bonds is 6. The van der Waals surface area contributed by atoms with Gasteiger partial charge in [0.2, 0.25) is 0 Å². The number of likely N-dealkylation sites (N-methyl/N-ethyl adjacent to an activating group) is 1. The lowest BCUT2D eigenvalue weighted by molar-refractivity contribution is 0.0431. The van der Waals surface area contributed by atoms with Crippen molar-refractivity contribution in [2.24, 2.45) is 5.92 Å². The number of nitrogens with one attached hydrogen (secondary N) is 1. The van der Waals surface area contributed by atoms with Gasteiger partial charge in [-0.05, 0) is 47.8 Å². The number of likely N-dealkylation sites (tertiary alicyclic amines) is 1. The summed E-state index contributed by atoms with van der Waals surface area (Å²) in [6, 6.07) is 2.27. The van der Waals surface area contributed by atoms with Crippen LogP contribution in [0.2, 0.25) is 0 Å². The zero-order chi connectivity index (χ0) is 16.8. The summed E-state index contributed by atoms with van der Waals surface area (Å²) in [5.74, 6) is 0.272. The number of piperidine rings is 1. The first-order chi connectivity index (χ1) is 11.1. The summed E-state index contributed by atoms with van der Waals surface area (Å²) < 4.78 is 0. The first kappa shape index (κ1) is 18.2. The average molecular weight is 340 g/mol. The molecule has 1 saturated heterocycles. The Labute approximate surface area is 143 Å². The van der Waals surface area contributed by atoms with E-state index in [1.54, 1.807) is 16.2 Å². The second-order valence-corrected chi connectivity index (χ2v) is 7.04. The molecule has 0 aromatic carbocycles. The number of aliphatic hydroxyl groups excluding tert-OH is 1. The van der Waals surface area contributed by atoms with Crippen molar-refractivity contribution in [2.45, 2.75) is 39.3 Å². The van der Waals surface area contributed by atoms with Gasteiger partial charge in [0, 0.05) is 19.6 Å². The molecule has 0 aliphatic carbocycles. The number of amides is 2. The first-order valence-electron chi connectivity index (χ1n) is 8.53. The van der Waals surface area contributed by atoms with Crippen LogP contribution in [-0.2, 0) is 0 Å². The van der Waals surface area contributed by atoms with E-state index < -0.39 is 6.10 Å². The van der Waals surface area contributed by atoms with Gasteiger partial charge in [0.25, 0.3) is 0 Å². The van der Waals surface area contributed by atoms with E-state index in [-0.39, 0.29) is 18.0 Å². The molecule has 3 atom stereocenters. The molecular formula is C17H29N3O2S. The molecule has 3 unspecified atom stereocenters. The van der Waals surface area contributed by atoms with Crippen LogP contribution in [0, 0.1) is 5.92 Å². The van der Waals surface area contributed by atoms with E-state index in [9.17, 15) is 9.90 Å². The van der Waals surface area contributed by atoms with E-state index in [2.05, 4.69) is 40.9 Å². The fourth-order valence-electron chi connectivity index (χ4n) is 3.12. The number of carbonyl (C=O) groups is 1. The summed E-state index contributed by atoms with van der Waals surface area (Å²) in [5, 5.41) is 17.3. The minimum Gasteiger partial charge on any atom is -0.391 e. The third-order valence-electron chi connectivity index (χ3n) is 4.83. The Bertz CT molecular complexity index is 476. The topological polar surface area (TPSA) is 55.8 Å². The maximum absolute atomic E-state index is 12.4. The minimum atomic E-state index is -0.412. The standard InChI is InChI=1S/C17H29N3O2S/c1-4-19(5-2)15(14-7-9-23-12-14)10-18-17(22)20-8-6-13(3)16(21)11-20/h7,9,12-13,15-16,21H,4-6,8,10-11H2,1-3H3,(H,18,22). The van der Waals surface area contributed by atoms with Crippen LogP contribution in [0.4, 0.5) is 4.79 Å². The molecule has 6 heteroatoms. The first-order valence-corrected chi connectivity index (χ1v) is 9.48. The Morgan fingerprint density at radius 3 is 2.83 bits per heavy atom. The highest BCUT2D eigenvalue weighted by molar-refractivity contribution is 7.07. The third-order valence-corrected chi connectivity index (χ3v) is 5.54. The molecule has 1 aromatic rings.